The first-order valence-corrected chi connectivity index (χ1v) is 6.31. The molecule has 0 aliphatic carbocycles. The lowest BCUT2D eigenvalue weighted by Crippen LogP contribution is -1.95. The molecule has 3 rings (SSSR count). The van der Waals surface area contributed by atoms with Crippen LogP contribution < -0.4 is 5.73 Å². The summed E-state index contributed by atoms with van der Waals surface area (Å²) in [6.45, 7) is 0. The van der Waals surface area contributed by atoms with Gasteiger partial charge in [0.1, 0.15) is 23.1 Å². The van der Waals surface area contributed by atoms with Gasteiger partial charge in [-0.2, -0.15) is 0 Å². The van der Waals surface area contributed by atoms with Crippen LogP contribution in [0.25, 0.3) is 16.9 Å². The van der Waals surface area contributed by atoms with Crippen molar-refractivity contribution in [2.75, 3.05) is 5.73 Å². The summed E-state index contributed by atoms with van der Waals surface area (Å²) in [6, 6.07) is 4.69. The molecule has 3 nitrogen and oxygen atoms in total. The van der Waals surface area contributed by atoms with Crippen molar-refractivity contribution in [2.24, 2.45) is 0 Å². The molecular formula is C13H7Cl2F2N3. The highest BCUT2D eigenvalue weighted by Crippen LogP contribution is 2.32. The van der Waals surface area contributed by atoms with Crippen molar-refractivity contribution in [1.82, 2.24) is 9.38 Å². The van der Waals surface area contributed by atoms with Crippen molar-refractivity contribution in [3.05, 3.63) is 52.1 Å². The maximum Gasteiger partial charge on any atom is 0.158 e. The van der Waals surface area contributed by atoms with E-state index in [-0.39, 0.29) is 22.1 Å². The van der Waals surface area contributed by atoms with E-state index in [1.807, 2.05) is 0 Å². The third-order valence-corrected chi connectivity index (χ3v) is 3.35. The van der Waals surface area contributed by atoms with Gasteiger partial charge < -0.3 is 5.73 Å². The van der Waals surface area contributed by atoms with Gasteiger partial charge in [-0.25, -0.2) is 13.8 Å². The highest BCUT2D eigenvalue weighted by atomic mass is 35.5. The van der Waals surface area contributed by atoms with Gasteiger partial charge in [0, 0.05) is 17.8 Å². The number of hydrogen-bond acceptors (Lipinski definition) is 2. The van der Waals surface area contributed by atoms with Gasteiger partial charge >= 0.3 is 0 Å². The number of nitrogens with zero attached hydrogens (tertiary/aromatic N) is 2. The zero-order chi connectivity index (χ0) is 14.4. The number of fused-ring (bicyclic) bond motifs is 1. The molecule has 2 N–H and O–H groups in total. The number of imidazole rings is 1. The van der Waals surface area contributed by atoms with E-state index < -0.39 is 11.6 Å². The van der Waals surface area contributed by atoms with Crippen molar-refractivity contribution in [3.63, 3.8) is 0 Å². The smallest absolute Gasteiger partial charge is 0.158 e. The zero-order valence-electron chi connectivity index (χ0n) is 9.87. The van der Waals surface area contributed by atoms with Gasteiger partial charge in [-0.1, -0.05) is 23.2 Å². The van der Waals surface area contributed by atoms with E-state index in [1.54, 1.807) is 0 Å². The average Bonchev–Trinajstić information content (AvgIpc) is 2.68. The molecular weight excluding hydrogens is 307 g/mol. The van der Waals surface area contributed by atoms with E-state index in [0.717, 1.165) is 12.1 Å². The molecule has 0 bridgehead atoms. The van der Waals surface area contributed by atoms with Crippen LogP contribution in [0.15, 0.2) is 30.5 Å². The predicted octanol–water partition coefficient (Wildman–Crippen LogP) is 4.17. The Morgan fingerprint density at radius 2 is 1.90 bits per heavy atom. The highest BCUT2D eigenvalue weighted by Gasteiger charge is 2.17. The molecule has 0 fully saturated rings. The topological polar surface area (TPSA) is 43.3 Å². The average molecular weight is 314 g/mol. The van der Waals surface area contributed by atoms with E-state index in [0.29, 0.717) is 10.7 Å². The second kappa shape index (κ2) is 4.61. The lowest BCUT2D eigenvalue weighted by atomic mass is 10.1. The molecule has 0 saturated heterocycles. The largest absolute Gasteiger partial charge is 0.383 e. The van der Waals surface area contributed by atoms with Gasteiger partial charge in [-0.3, -0.25) is 4.40 Å². The quantitative estimate of drug-likeness (QED) is 0.732. The Morgan fingerprint density at radius 1 is 1.15 bits per heavy atom. The van der Waals surface area contributed by atoms with Crippen LogP contribution in [0, 0.1) is 11.6 Å². The summed E-state index contributed by atoms with van der Waals surface area (Å²) in [7, 11) is 0. The summed E-state index contributed by atoms with van der Waals surface area (Å²) in [5, 5.41) is 0.663. The van der Waals surface area contributed by atoms with Crippen LogP contribution in [0.5, 0.6) is 0 Å². The maximum absolute atomic E-state index is 13.8. The zero-order valence-corrected chi connectivity index (χ0v) is 11.4. The molecule has 0 spiro atoms. The predicted molar refractivity (Wildman–Crippen MR) is 75.0 cm³/mol. The Morgan fingerprint density at radius 3 is 2.60 bits per heavy atom. The summed E-state index contributed by atoms with van der Waals surface area (Å²) in [5.74, 6) is -1.24. The standard InChI is InChI=1S/C13H7Cl2F2N3/c14-6-3-9(15)13-19-11(12(18)20(13)5-6)8-2-1-7(16)4-10(8)17/h1-5H,18H2. The van der Waals surface area contributed by atoms with Gasteiger partial charge in [-0.15, -0.1) is 0 Å². The highest BCUT2D eigenvalue weighted by molar-refractivity contribution is 6.36. The molecule has 1 aromatic carbocycles. The molecule has 0 aliphatic heterocycles. The number of rotatable bonds is 1. The number of nitrogen functional groups attached to an aromatic ring is 1. The molecule has 0 saturated carbocycles. The van der Waals surface area contributed by atoms with Crippen LogP contribution in [0.3, 0.4) is 0 Å². The van der Waals surface area contributed by atoms with Crippen molar-refractivity contribution < 1.29 is 8.78 Å². The van der Waals surface area contributed by atoms with Crippen molar-refractivity contribution in [2.45, 2.75) is 0 Å². The van der Waals surface area contributed by atoms with Crippen LogP contribution in [0.1, 0.15) is 0 Å². The number of anilines is 1. The van der Waals surface area contributed by atoms with Crippen LogP contribution in [-0.2, 0) is 0 Å². The molecule has 0 atom stereocenters. The number of benzene rings is 1. The lowest BCUT2D eigenvalue weighted by Gasteiger charge is -2.01. The Bertz CT molecular complexity index is 830. The molecule has 20 heavy (non-hydrogen) atoms. The molecule has 2 aromatic heterocycles. The molecule has 2 heterocycles. The SMILES string of the molecule is Nc1c(-c2ccc(F)cc2F)nc2c(Cl)cc(Cl)cn12. The van der Waals surface area contributed by atoms with Gasteiger partial charge in [-0.05, 0) is 18.2 Å². The molecule has 3 aromatic rings. The number of halogens is 4. The first kappa shape index (κ1) is 13.1. The van der Waals surface area contributed by atoms with Gasteiger partial charge in [0.05, 0.1) is 10.0 Å². The molecule has 0 amide bonds. The summed E-state index contributed by atoms with van der Waals surface area (Å²) in [6.07, 6.45) is 1.52. The fourth-order valence-electron chi connectivity index (χ4n) is 1.97. The Labute approximate surface area is 122 Å². The van der Waals surface area contributed by atoms with Crippen LogP contribution >= 0.6 is 23.2 Å². The van der Waals surface area contributed by atoms with Crippen LogP contribution in [0.2, 0.25) is 10.0 Å². The number of pyridine rings is 1. The Hall–Kier alpha value is -1.85. The fraction of sp³-hybridized carbons (Fsp3) is 0. The number of nitrogens with two attached hydrogens (primary N) is 1. The summed E-state index contributed by atoms with van der Waals surface area (Å²) < 4.78 is 28.2. The minimum atomic E-state index is -0.748. The molecule has 102 valence electrons. The van der Waals surface area contributed by atoms with Crippen molar-refractivity contribution in [1.29, 1.82) is 0 Å². The minimum Gasteiger partial charge on any atom is -0.383 e. The Balaban J connectivity index is 2.32. The van der Waals surface area contributed by atoms with E-state index in [1.165, 1.54) is 22.7 Å². The number of hydrogen-bond donors (Lipinski definition) is 1. The Kier molecular flexibility index (Phi) is 3.03. The summed E-state index contributed by atoms with van der Waals surface area (Å²) >= 11 is 11.9. The van der Waals surface area contributed by atoms with Crippen molar-refractivity contribution >= 4 is 34.7 Å². The third kappa shape index (κ3) is 1.99. The maximum atomic E-state index is 13.8. The van der Waals surface area contributed by atoms with Gasteiger partial charge in [0.25, 0.3) is 0 Å². The second-order valence-corrected chi connectivity index (χ2v) is 5.01. The normalized spacial score (nSPS) is 11.2. The molecule has 0 radical (unpaired) electrons. The van der Waals surface area contributed by atoms with E-state index in [4.69, 9.17) is 28.9 Å². The van der Waals surface area contributed by atoms with Crippen LogP contribution in [0.4, 0.5) is 14.6 Å². The minimum absolute atomic E-state index is 0.0970. The summed E-state index contributed by atoms with van der Waals surface area (Å²) in [4.78, 5) is 4.20. The van der Waals surface area contributed by atoms with Gasteiger partial charge in [0.15, 0.2) is 5.65 Å². The fourth-order valence-corrected chi connectivity index (χ4v) is 2.48. The van der Waals surface area contributed by atoms with E-state index >= 15 is 0 Å². The molecule has 0 unspecified atom stereocenters. The molecule has 7 heteroatoms. The number of aromatic nitrogens is 2. The first-order chi connectivity index (χ1) is 9.47. The first-order valence-electron chi connectivity index (χ1n) is 5.55. The second-order valence-electron chi connectivity index (χ2n) is 4.17. The van der Waals surface area contributed by atoms with Gasteiger partial charge in [0.2, 0.25) is 0 Å². The lowest BCUT2D eigenvalue weighted by molar-refractivity contribution is 0.585. The van der Waals surface area contributed by atoms with Crippen molar-refractivity contribution in [3.8, 4) is 11.3 Å². The third-order valence-electron chi connectivity index (χ3n) is 2.86. The van der Waals surface area contributed by atoms with E-state index in [2.05, 4.69) is 4.98 Å². The summed E-state index contributed by atoms with van der Waals surface area (Å²) in [5.41, 5.74) is 6.58. The monoisotopic (exact) mass is 313 g/mol. The van der Waals surface area contributed by atoms with Crippen LogP contribution in [-0.4, -0.2) is 9.38 Å². The van der Waals surface area contributed by atoms with E-state index in [9.17, 15) is 8.78 Å². The molecule has 0 aliphatic rings.